The molecule has 3 atom stereocenters. The Kier molecular flexibility index (Phi) is 4.77. The summed E-state index contributed by atoms with van der Waals surface area (Å²) >= 11 is 0. The van der Waals surface area contributed by atoms with Gasteiger partial charge in [-0.3, -0.25) is 4.79 Å². The minimum Gasteiger partial charge on any atom is -0.335 e. The average molecular weight is 304 g/mol. The quantitative estimate of drug-likeness (QED) is 0.927. The van der Waals surface area contributed by atoms with Crippen LogP contribution in [-0.2, 0) is 4.79 Å². The first-order valence-electron chi connectivity index (χ1n) is 8.41. The molecule has 2 saturated heterocycles. The number of amides is 1. The van der Waals surface area contributed by atoms with Gasteiger partial charge in [0.25, 0.3) is 0 Å². The Labute approximate surface area is 131 Å². The highest BCUT2D eigenvalue weighted by atomic mass is 19.1. The molecule has 2 heterocycles. The molecule has 1 aromatic carbocycles. The van der Waals surface area contributed by atoms with Crippen molar-refractivity contribution in [3.63, 3.8) is 0 Å². The first kappa shape index (κ1) is 15.5. The standard InChI is InChI=1S/C18H25FN2O/c1-13-8-10-21(17(22)6-5-14-7-9-20-12-14)18(13)15-3-2-4-16(19)11-15/h2-4,11,13-14,18,20H,5-10,12H2,1H3. The number of nitrogens with zero attached hydrogens (tertiary/aromatic N) is 1. The minimum absolute atomic E-state index is 0.0323. The monoisotopic (exact) mass is 304 g/mol. The summed E-state index contributed by atoms with van der Waals surface area (Å²) in [5, 5.41) is 3.35. The fraction of sp³-hybridized carbons (Fsp3) is 0.611. The van der Waals surface area contributed by atoms with E-state index in [0.717, 1.165) is 38.0 Å². The smallest absolute Gasteiger partial charge is 0.223 e. The van der Waals surface area contributed by atoms with E-state index in [0.29, 0.717) is 18.3 Å². The van der Waals surface area contributed by atoms with Gasteiger partial charge in [0, 0.05) is 13.0 Å². The summed E-state index contributed by atoms with van der Waals surface area (Å²) in [7, 11) is 0. The topological polar surface area (TPSA) is 32.3 Å². The molecule has 0 spiro atoms. The fourth-order valence-corrected chi connectivity index (χ4v) is 3.86. The van der Waals surface area contributed by atoms with Gasteiger partial charge in [-0.2, -0.15) is 0 Å². The van der Waals surface area contributed by atoms with Crippen molar-refractivity contribution in [1.29, 1.82) is 0 Å². The number of carbonyl (C=O) groups is 1. The molecular weight excluding hydrogens is 279 g/mol. The normalized spacial score (nSPS) is 28.3. The molecular formula is C18H25FN2O. The largest absolute Gasteiger partial charge is 0.335 e. The number of likely N-dealkylation sites (tertiary alicyclic amines) is 1. The van der Waals surface area contributed by atoms with Crippen molar-refractivity contribution in [3.05, 3.63) is 35.6 Å². The van der Waals surface area contributed by atoms with Gasteiger partial charge in [0.15, 0.2) is 0 Å². The van der Waals surface area contributed by atoms with Crippen molar-refractivity contribution < 1.29 is 9.18 Å². The van der Waals surface area contributed by atoms with E-state index < -0.39 is 0 Å². The summed E-state index contributed by atoms with van der Waals surface area (Å²) in [6.45, 7) is 5.07. The first-order valence-corrected chi connectivity index (χ1v) is 8.41. The third-order valence-electron chi connectivity index (χ3n) is 5.14. The van der Waals surface area contributed by atoms with Gasteiger partial charge in [0.2, 0.25) is 5.91 Å². The molecule has 3 nitrogen and oxygen atoms in total. The number of halogens is 1. The zero-order valence-electron chi connectivity index (χ0n) is 13.2. The molecule has 1 aromatic rings. The van der Waals surface area contributed by atoms with Crippen LogP contribution >= 0.6 is 0 Å². The van der Waals surface area contributed by atoms with Crippen molar-refractivity contribution >= 4 is 5.91 Å². The molecule has 1 amide bonds. The van der Waals surface area contributed by atoms with Crippen LogP contribution in [0, 0.1) is 17.7 Å². The Morgan fingerprint density at radius 3 is 3.00 bits per heavy atom. The average Bonchev–Trinajstić information content (AvgIpc) is 3.14. The lowest BCUT2D eigenvalue weighted by atomic mass is 9.95. The van der Waals surface area contributed by atoms with Crippen molar-refractivity contribution in [3.8, 4) is 0 Å². The fourth-order valence-electron chi connectivity index (χ4n) is 3.86. The zero-order chi connectivity index (χ0) is 15.5. The first-order chi connectivity index (χ1) is 10.6. The van der Waals surface area contributed by atoms with Gasteiger partial charge >= 0.3 is 0 Å². The van der Waals surface area contributed by atoms with Gasteiger partial charge in [0.05, 0.1) is 6.04 Å². The van der Waals surface area contributed by atoms with E-state index in [1.807, 2.05) is 11.0 Å². The Morgan fingerprint density at radius 2 is 2.27 bits per heavy atom. The Morgan fingerprint density at radius 1 is 1.41 bits per heavy atom. The summed E-state index contributed by atoms with van der Waals surface area (Å²) in [6.07, 6.45) is 3.76. The van der Waals surface area contributed by atoms with Gasteiger partial charge < -0.3 is 10.2 Å². The van der Waals surface area contributed by atoms with Crippen molar-refractivity contribution in [1.82, 2.24) is 10.2 Å². The number of hydrogen-bond donors (Lipinski definition) is 1. The Bertz CT molecular complexity index is 528. The maximum Gasteiger partial charge on any atom is 0.223 e. The third kappa shape index (κ3) is 3.32. The van der Waals surface area contributed by atoms with Crippen LogP contribution in [0.25, 0.3) is 0 Å². The molecule has 0 aromatic heterocycles. The van der Waals surface area contributed by atoms with Crippen LogP contribution in [0.1, 0.15) is 44.2 Å². The van der Waals surface area contributed by atoms with E-state index in [9.17, 15) is 9.18 Å². The molecule has 2 aliphatic rings. The van der Waals surface area contributed by atoms with Crippen molar-refractivity contribution in [2.45, 2.75) is 38.6 Å². The van der Waals surface area contributed by atoms with Gasteiger partial charge in [-0.25, -0.2) is 4.39 Å². The molecule has 0 bridgehead atoms. The maximum atomic E-state index is 13.5. The summed E-state index contributed by atoms with van der Waals surface area (Å²) in [5.41, 5.74) is 0.931. The number of rotatable bonds is 4. The number of hydrogen-bond acceptors (Lipinski definition) is 2. The van der Waals surface area contributed by atoms with Crippen LogP contribution in [0.3, 0.4) is 0 Å². The van der Waals surface area contributed by atoms with E-state index in [-0.39, 0.29) is 17.8 Å². The molecule has 3 unspecified atom stereocenters. The van der Waals surface area contributed by atoms with Crippen LogP contribution in [0.4, 0.5) is 4.39 Å². The SMILES string of the molecule is CC1CCN(C(=O)CCC2CCNC2)C1c1cccc(F)c1. The second-order valence-electron chi connectivity index (χ2n) is 6.75. The van der Waals surface area contributed by atoms with Crippen LogP contribution in [0.2, 0.25) is 0 Å². The van der Waals surface area contributed by atoms with Crippen LogP contribution < -0.4 is 5.32 Å². The summed E-state index contributed by atoms with van der Waals surface area (Å²) < 4.78 is 13.5. The molecule has 4 heteroatoms. The zero-order valence-corrected chi connectivity index (χ0v) is 13.2. The number of nitrogens with one attached hydrogen (secondary N) is 1. The molecule has 2 fully saturated rings. The van der Waals surface area contributed by atoms with Gasteiger partial charge in [-0.15, -0.1) is 0 Å². The molecule has 0 aliphatic carbocycles. The highest BCUT2D eigenvalue weighted by Crippen LogP contribution is 2.37. The predicted molar refractivity (Wildman–Crippen MR) is 84.8 cm³/mol. The second kappa shape index (κ2) is 6.78. The molecule has 2 aliphatic heterocycles. The lowest BCUT2D eigenvalue weighted by Gasteiger charge is -2.28. The van der Waals surface area contributed by atoms with E-state index in [1.165, 1.54) is 12.5 Å². The molecule has 1 N–H and O–H groups in total. The van der Waals surface area contributed by atoms with E-state index in [1.54, 1.807) is 12.1 Å². The predicted octanol–water partition coefficient (Wildman–Crippen LogP) is 3.12. The van der Waals surface area contributed by atoms with Crippen LogP contribution in [-0.4, -0.2) is 30.4 Å². The van der Waals surface area contributed by atoms with Crippen molar-refractivity contribution in [2.75, 3.05) is 19.6 Å². The lowest BCUT2D eigenvalue weighted by Crippen LogP contribution is -2.32. The minimum atomic E-state index is -0.221. The second-order valence-corrected chi connectivity index (χ2v) is 6.75. The van der Waals surface area contributed by atoms with Crippen LogP contribution in [0.5, 0.6) is 0 Å². The third-order valence-corrected chi connectivity index (χ3v) is 5.14. The molecule has 3 rings (SSSR count). The molecule has 0 saturated carbocycles. The van der Waals surface area contributed by atoms with E-state index in [4.69, 9.17) is 0 Å². The highest BCUT2D eigenvalue weighted by molar-refractivity contribution is 5.77. The summed E-state index contributed by atoms with van der Waals surface area (Å²) in [6, 6.07) is 6.75. The molecule has 22 heavy (non-hydrogen) atoms. The Hall–Kier alpha value is -1.42. The van der Waals surface area contributed by atoms with Gasteiger partial charge in [-0.1, -0.05) is 19.1 Å². The molecule has 0 radical (unpaired) electrons. The van der Waals surface area contributed by atoms with Gasteiger partial charge in [0.1, 0.15) is 5.82 Å². The van der Waals surface area contributed by atoms with E-state index >= 15 is 0 Å². The molecule has 120 valence electrons. The van der Waals surface area contributed by atoms with E-state index in [2.05, 4.69) is 12.2 Å². The summed E-state index contributed by atoms with van der Waals surface area (Å²) in [4.78, 5) is 14.6. The highest BCUT2D eigenvalue weighted by Gasteiger charge is 2.35. The maximum absolute atomic E-state index is 13.5. The van der Waals surface area contributed by atoms with Gasteiger partial charge in [-0.05, 0) is 61.9 Å². The lowest BCUT2D eigenvalue weighted by molar-refractivity contribution is -0.132. The summed E-state index contributed by atoms with van der Waals surface area (Å²) in [5.74, 6) is 1.03. The number of carbonyl (C=O) groups excluding carboxylic acids is 1. The van der Waals surface area contributed by atoms with Crippen LogP contribution in [0.15, 0.2) is 24.3 Å². The number of benzene rings is 1. The Balaban J connectivity index is 1.67. The van der Waals surface area contributed by atoms with Crippen molar-refractivity contribution in [2.24, 2.45) is 11.8 Å².